The minimum atomic E-state index is -2.91. The molecule has 0 unspecified atom stereocenters. The average molecular weight is 248 g/mol. The molecule has 0 bridgehead atoms. The van der Waals surface area contributed by atoms with E-state index in [9.17, 15) is 13.6 Å². The quantitative estimate of drug-likeness (QED) is 0.749. The van der Waals surface area contributed by atoms with Crippen LogP contribution in [0.3, 0.4) is 0 Å². The topological polar surface area (TPSA) is 62.2 Å². The van der Waals surface area contributed by atoms with Crippen molar-refractivity contribution in [3.05, 3.63) is 0 Å². The Morgan fingerprint density at radius 3 is 2.59 bits per heavy atom. The lowest BCUT2D eigenvalue weighted by Crippen LogP contribution is -2.46. The van der Waals surface area contributed by atoms with E-state index in [0.29, 0.717) is 0 Å². The molecule has 1 fully saturated rings. The zero-order valence-electron chi connectivity index (χ0n) is 10.3. The number of rotatable bonds is 1. The Kier molecular flexibility index (Phi) is 3.74. The number of halogens is 2. The molecule has 0 aromatic carbocycles. The van der Waals surface area contributed by atoms with Gasteiger partial charge in [0.15, 0.2) is 0 Å². The molecule has 17 heavy (non-hydrogen) atoms. The second-order valence-corrected chi connectivity index (χ2v) is 5.39. The van der Waals surface area contributed by atoms with Crippen molar-refractivity contribution in [1.82, 2.24) is 5.32 Å². The summed E-state index contributed by atoms with van der Waals surface area (Å²) >= 11 is 0. The average Bonchev–Trinajstić information content (AvgIpc) is 1.93. The van der Waals surface area contributed by atoms with Crippen molar-refractivity contribution < 1.29 is 18.3 Å². The van der Waals surface area contributed by atoms with Crippen molar-refractivity contribution in [3.63, 3.8) is 0 Å². The van der Waals surface area contributed by atoms with E-state index >= 15 is 0 Å². The van der Waals surface area contributed by atoms with Gasteiger partial charge >= 0.3 is 6.09 Å². The lowest BCUT2D eigenvalue weighted by Gasteiger charge is -2.30. The van der Waals surface area contributed by atoms with E-state index in [4.69, 9.17) is 10.1 Å². The summed E-state index contributed by atoms with van der Waals surface area (Å²) in [5.74, 6) is -2.91. The molecule has 1 aliphatic carbocycles. The predicted molar refractivity (Wildman–Crippen MR) is 59.7 cm³/mol. The van der Waals surface area contributed by atoms with Gasteiger partial charge < -0.3 is 15.5 Å². The Hall–Kier alpha value is -1.20. The van der Waals surface area contributed by atoms with Gasteiger partial charge in [-0.3, -0.25) is 0 Å². The van der Waals surface area contributed by atoms with Crippen LogP contribution in [0.25, 0.3) is 0 Å². The van der Waals surface area contributed by atoms with Crippen molar-refractivity contribution in [1.29, 1.82) is 5.41 Å². The van der Waals surface area contributed by atoms with Crippen LogP contribution >= 0.6 is 0 Å². The highest BCUT2D eigenvalue weighted by atomic mass is 19.3. The molecule has 1 saturated carbocycles. The zero-order chi connectivity index (χ0) is 13.3. The van der Waals surface area contributed by atoms with Gasteiger partial charge in [-0.25, -0.2) is 13.6 Å². The first-order chi connectivity index (χ1) is 7.57. The maximum absolute atomic E-state index is 13.2. The summed E-state index contributed by atoms with van der Waals surface area (Å²) < 4.78 is 31.3. The highest BCUT2D eigenvalue weighted by Crippen LogP contribution is 2.31. The standard InChI is InChI=1S/C11H18F2N2O2/c1-10(2,3)17-9(16)15-8-4-7(14)5-11(12,13)6-8/h8,14H,4-6H2,1-3H3,(H,15,16)/t8-/m1/s1. The highest BCUT2D eigenvalue weighted by molar-refractivity contribution is 5.84. The van der Waals surface area contributed by atoms with Crippen molar-refractivity contribution >= 4 is 11.8 Å². The molecule has 98 valence electrons. The van der Waals surface area contributed by atoms with Gasteiger partial charge in [-0.05, 0) is 20.8 Å². The number of alkyl carbamates (subject to hydrolysis) is 1. The smallest absolute Gasteiger partial charge is 0.407 e. The second kappa shape index (κ2) is 4.58. The van der Waals surface area contributed by atoms with Crippen molar-refractivity contribution in [3.8, 4) is 0 Å². The van der Waals surface area contributed by atoms with Gasteiger partial charge in [0.2, 0.25) is 0 Å². The number of carbonyl (C=O) groups excluding carboxylic acids is 1. The molecule has 1 aliphatic rings. The Labute approximate surface area is 99.2 Å². The molecule has 0 spiro atoms. The number of hydrogen-bond acceptors (Lipinski definition) is 3. The first kappa shape index (κ1) is 13.9. The van der Waals surface area contributed by atoms with Crippen molar-refractivity contribution in [2.75, 3.05) is 0 Å². The van der Waals surface area contributed by atoms with Gasteiger partial charge in [-0.15, -0.1) is 0 Å². The van der Waals surface area contributed by atoms with Crippen LogP contribution in [0.5, 0.6) is 0 Å². The maximum atomic E-state index is 13.2. The van der Waals surface area contributed by atoms with Gasteiger partial charge in [0.25, 0.3) is 5.92 Å². The molecule has 1 amide bonds. The summed E-state index contributed by atoms with van der Waals surface area (Å²) in [4.78, 5) is 11.4. The SMILES string of the molecule is CC(C)(C)OC(=O)N[C@@H]1CC(=N)CC(F)(F)C1. The molecule has 1 atom stereocenters. The van der Waals surface area contributed by atoms with E-state index in [1.165, 1.54) is 0 Å². The summed E-state index contributed by atoms with van der Waals surface area (Å²) in [7, 11) is 0. The molecule has 4 nitrogen and oxygen atoms in total. The molecule has 0 aromatic heterocycles. The van der Waals surface area contributed by atoms with E-state index < -0.39 is 36.5 Å². The lowest BCUT2D eigenvalue weighted by atomic mass is 9.90. The van der Waals surface area contributed by atoms with E-state index in [1.807, 2.05) is 0 Å². The molecule has 0 aliphatic heterocycles. The highest BCUT2D eigenvalue weighted by Gasteiger charge is 2.39. The summed E-state index contributed by atoms with van der Waals surface area (Å²) in [6, 6.07) is -0.721. The Morgan fingerprint density at radius 2 is 2.12 bits per heavy atom. The molecular formula is C11H18F2N2O2. The number of carbonyl (C=O) groups is 1. The van der Waals surface area contributed by atoms with Crippen LogP contribution in [0.4, 0.5) is 13.6 Å². The van der Waals surface area contributed by atoms with Crippen LogP contribution in [-0.2, 0) is 4.74 Å². The van der Waals surface area contributed by atoms with Crippen LogP contribution in [-0.4, -0.2) is 29.4 Å². The van der Waals surface area contributed by atoms with Gasteiger partial charge in [-0.2, -0.15) is 0 Å². The van der Waals surface area contributed by atoms with Gasteiger partial charge in [0, 0.05) is 31.0 Å². The largest absolute Gasteiger partial charge is 0.444 e. The fourth-order valence-corrected chi connectivity index (χ4v) is 1.76. The third-order valence-corrected chi connectivity index (χ3v) is 2.23. The zero-order valence-corrected chi connectivity index (χ0v) is 10.3. The summed E-state index contributed by atoms with van der Waals surface area (Å²) in [6.45, 7) is 5.10. The van der Waals surface area contributed by atoms with E-state index in [-0.39, 0.29) is 12.1 Å². The lowest BCUT2D eigenvalue weighted by molar-refractivity contribution is -0.0184. The molecule has 6 heteroatoms. The maximum Gasteiger partial charge on any atom is 0.407 e. The first-order valence-electron chi connectivity index (χ1n) is 5.51. The number of hydrogen-bond donors (Lipinski definition) is 2. The normalized spacial score (nSPS) is 24.3. The van der Waals surface area contributed by atoms with Crippen molar-refractivity contribution in [2.45, 2.75) is 57.6 Å². The number of alkyl halides is 2. The van der Waals surface area contributed by atoms with E-state index in [1.54, 1.807) is 20.8 Å². The van der Waals surface area contributed by atoms with Gasteiger partial charge in [-0.1, -0.05) is 0 Å². The third kappa shape index (κ3) is 5.10. The van der Waals surface area contributed by atoms with E-state index in [0.717, 1.165) is 0 Å². The molecule has 1 rings (SSSR count). The summed E-state index contributed by atoms with van der Waals surface area (Å²) in [5, 5.41) is 9.71. The molecule has 2 N–H and O–H groups in total. The fraction of sp³-hybridized carbons (Fsp3) is 0.818. The van der Waals surface area contributed by atoms with Crippen LogP contribution in [0.2, 0.25) is 0 Å². The minimum Gasteiger partial charge on any atom is -0.444 e. The van der Waals surface area contributed by atoms with Crippen LogP contribution < -0.4 is 5.32 Å². The van der Waals surface area contributed by atoms with Gasteiger partial charge in [0.05, 0.1) is 0 Å². The number of nitrogens with one attached hydrogen (secondary N) is 2. The Bertz CT molecular complexity index is 324. The fourth-order valence-electron chi connectivity index (χ4n) is 1.76. The Morgan fingerprint density at radius 1 is 1.53 bits per heavy atom. The van der Waals surface area contributed by atoms with Crippen LogP contribution in [0.1, 0.15) is 40.0 Å². The molecular weight excluding hydrogens is 230 g/mol. The third-order valence-electron chi connectivity index (χ3n) is 2.23. The van der Waals surface area contributed by atoms with Crippen LogP contribution in [0.15, 0.2) is 0 Å². The number of amides is 1. The summed E-state index contributed by atoms with van der Waals surface area (Å²) in [5.41, 5.74) is -0.697. The molecule has 0 heterocycles. The van der Waals surface area contributed by atoms with E-state index in [2.05, 4.69) is 5.32 Å². The number of ether oxygens (including phenoxy) is 1. The van der Waals surface area contributed by atoms with Crippen molar-refractivity contribution in [2.24, 2.45) is 0 Å². The second-order valence-electron chi connectivity index (χ2n) is 5.39. The first-order valence-corrected chi connectivity index (χ1v) is 5.51. The molecule has 0 radical (unpaired) electrons. The Balaban J connectivity index is 2.51. The molecule has 0 aromatic rings. The summed E-state index contributed by atoms with van der Waals surface area (Å²) in [6.07, 6.45) is -1.50. The van der Waals surface area contributed by atoms with Gasteiger partial charge in [0.1, 0.15) is 5.60 Å². The molecule has 0 saturated heterocycles. The predicted octanol–water partition coefficient (Wildman–Crippen LogP) is 2.72. The van der Waals surface area contributed by atoms with Crippen LogP contribution in [0, 0.1) is 5.41 Å². The monoisotopic (exact) mass is 248 g/mol. The minimum absolute atomic E-state index is 0.0395.